The zero-order valence-corrected chi connectivity index (χ0v) is 5.81. The summed E-state index contributed by atoms with van der Waals surface area (Å²) in [6, 6.07) is 0. The minimum atomic E-state index is -1.17. The first-order valence-corrected chi connectivity index (χ1v) is 3.02. The summed E-state index contributed by atoms with van der Waals surface area (Å²) in [5, 5.41) is 26.6. The summed E-state index contributed by atoms with van der Waals surface area (Å²) in [7, 11) is 0. The highest BCUT2D eigenvalue weighted by Gasteiger charge is 2.17. The number of hydrogen-bond acceptors (Lipinski definition) is 4. The second-order valence-corrected chi connectivity index (χ2v) is 2.11. The SMILES string of the molecule is C[C@H](O)[C@H](O)[C@H](O)C=CN. The molecule has 60 valence electrons. The third-order valence-corrected chi connectivity index (χ3v) is 1.15. The van der Waals surface area contributed by atoms with Crippen LogP contribution in [0.1, 0.15) is 6.92 Å². The number of hydrogen-bond donors (Lipinski definition) is 4. The van der Waals surface area contributed by atoms with Crippen molar-refractivity contribution in [3.63, 3.8) is 0 Å². The van der Waals surface area contributed by atoms with E-state index in [-0.39, 0.29) is 0 Å². The van der Waals surface area contributed by atoms with Gasteiger partial charge in [-0.05, 0) is 19.2 Å². The largest absolute Gasteiger partial charge is 0.405 e. The van der Waals surface area contributed by atoms with Crippen LogP contribution in [-0.2, 0) is 0 Å². The van der Waals surface area contributed by atoms with E-state index in [4.69, 9.17) is 21.1 Å². The van der Waals surface area contributed by atoms with E-state index in [2.05, 4.69) is 0 Å². The summed E-state index contributed by atoms with van der Waals surface area (Å²) in [6.45, 7) is 1.39. The van der Waals surface area contributed by atoms with Crippen LogP contribution >= 0.6 is 0 Å². The van der Waals surface area contributed by atoms with Crippen LogP contribution in [0.25, 0.3) is 0 Å². The predicted octanol–water partition coefficient (Wildman–Crippen LogP) is -1.44. The van der Waals surface area contributed by atoms with Gasteiger partial charge in [-0.2, -0.15) is 0 Å². The van der Waals surface area contributed by atoms with Gasteiger partial charge >= 0.3 is 0 Å². The predicted molar refractivity (Wildman–Crippen MR) is 37.0 cm³/mol. The van der Waals surface area contributed by atoms with Crippen LogP contribution in [0.2, 0.25) is 0 Å². The highest BCUT2D eigenvalue weighted by Crippen LogP contribution is 1.99. The lowest BCUT2D eigenvalue weighted by molar-refractivity contribution is -0.0328. The Morgan fingerprint density at radius 3 is 2.10 bits per heavy atom. The van der Waals surface area contributed by atoms with Gasteiger partial charge in [0.1, 0.15) is 12.2 Å². The molecule has 0 fully saturated rings. The summed E-state index contributed by atoms with van der Waals surface area (Å²) in [4.78, 5) is 0. The minimum absolute atomic E-state index is 0.953. The minimum Gasteiger partial charge on any atom is -0.405 e. The van der Waals surface area contributed by atoms with E-state index < -0.39 is 18.3 Å². The van der Waals surface area contributed by atoms with E-state index in [0.29, 0.717) is 0 Å². The zero-order valence-electron chi connectivity index (χ0n) is 5.81. The van der Waals surface area contributed by atoms with Crippen LogP contribution in [0.4, 0.5) is 0 Å². The molecule has 0 aliphatic rings. The molecule has 0 bridgehead atoms. The Morgan fingerprint density at radius 1 is 1.30 bits per heavy atom. The first-order valence-electron chi connectivity index (χ1n) is 3.02. The van der Waals surface area contributed by atoms with Crippen LogP contribution in [0, 0.1) is 0 Å². The molecule has 4 heteroatoms. The van der Waals surface area contributed by atoms with E-state index in [9.17, 15) is 0 Å². The van der Waals surface area contributed by atoms with Gasteiger partial charge in [-0.25, -0.2) is 0 Å². The Kier molecular flexibility index (Phi) is 4.02. The van der Waals surface area contributed by atoms with Crippen molar-refractivity contribution in [3.05, 3.63) is 12.3 Å². The van der Waals surface area contributed by atoms with Crippen LogP contribution in [-0.4, -0.2) is 33.6 Å². The maximum atomic E-state index is 8.92. The first-order chi connectivity index (χ1) is 4.59. The number of aliphatic hydroxyl groups is 3. The van der Waals surface area contributed by atoms with E-state index >= 15 is 0 Å². The molecular weight excluding hydrogens is 134 g/mol. The fraction of sp³-hybridized carbons (Fsp3) is 0.667. The lowest BCUT2D eigenvalue weighted by Crippen LogP contribution is -2.34. The molecule has 0 heterocycles. The summed E-state index contributed by atoms with van der Waals surface area (Å²) in [5.74, 6) is 0. The van der Waals surface area contributed by atoms with Gasteiger partial charge < -0.3 is 21.1 Å². The highest BCUT2D eigenvalue weighted by molar-refractivity contribution is 4.90. The van der Waals surface area contributed by atoms with Crippen molar-refractivity contribution in [2.75, 3.05) is 0 Å². The molecule has 0 amide bonds. The third kappa shape index (κ3) is 2.82. The van der Waals surface area contributed by atoms with Gasteiger partial charge in [0.25, 0.3) is 0 Å². The first kappa shape index (κ1) is 9.42. The Balaban J connectivity index is 3.81. The van der Waals surface area contributed by atoms with Gasteiger partial charge in [0.15, 0.2) is 0 Å². The molecule has 10 heavy (non-hydrogen) atoms. The average molecular weight is 147 g/mol. The molecule has 3 atom stereocenters. The molecule has 0 aliphatic carbocycles. The topological polar surface area (TPSA) is 86.7 Å². The maximum Gasteiger partial charge on any atom is 0.109 e. The molecule has 0 aromatic rings. The van der Waals surface area contributed by atoms with Gasteiger partial charge in [-0.3, -0.25) is 0 Å². The van der Waals surface area contributed by atoms with E-state index in [1.807, 2.05) is 0 Å². The molecule has 0 spiro atoms. The Labute approximate surface area is 59.6 Å². The Bertz CT molecular complexity index is 114. The lowest BCUT2D eigenvalue weighted by atomic mass is 10.1. The van der Waals surface area contributed by atoms with Gasteiger partial charge in [0.2, 0.25) is 0 Å². The Hall–Kier alpha value is -0.580. The summed E-state index contributed by atoms with van der Waals surface area (Å²) >= 11 is 0. The summed E-state index contributed by atoms with van der Waals surface area (Å²) < 4.78 is 0. The molecular formula is C6H13NO3. The van der Waals surface area contributed by atoms with Crippen molar-refractivity contribution in [1.82, 2.24) is 0 Å². The van der Waals surface area contributed by atoms with Crippen molar-refractivity contribution in [1.29, 1.82) is 0 Å². The second kappa shape index (κ2) is 4.27. The summed E-state index contributed by atoms with van der Waals surface area (Å²) in [5.41, 5.74) is 4.93. The maximum absolute atomic E-state index is 8.92. The molecule has 0 radical (unpaired) electrons. The van der Waals surface area contributed by atoms with Crippen molar-refractivity contribution in [2.45, 2.75) is 25.2 Å². The highest BCUT2D eigenvalue weighted by atomic mass is 16.4. The van der Waals surface area contributed by atoms with Crippen molar-refractivity contribution < 1.29 is 15.3 Å². The second-order valence-electron chi connectivity index (χ2n) is 2.11. The van der Waals surface area contributed by atoms with Crippen LogP contribution in [0.3, 0.4) is 0 Å². The molecule has 0 aliphatic heterocycles. The van der Waals surface area contributed by atoms with Gasteiger partial charge in [0.05, 0.1) is 6.10 Å². The molecule has 0 aromatic carbocycles. The Morgan fingerprint density at radius 2 is 1.80 bits per heavy atom. The average Bonchev–Trinajstić information content (AvgIpc) is 1.87. The van der Waals surface area contributed by atoms with Gasteiger partial charge in [-0.1, -0.05) is 0 Å². The molecule has 0 saturated carbocycles. The van der Waals surface area contributed by atoms with Crippen LogP contribution < -0.4 is 5.73 Å². The van der Waals surface area contributed by atoms with Crippen molar-refractivity contribution in [2.24, 2.45) is 5.73 Å². The van der Waals surface area contributed by atoms with Crippen molar-refractivity contribution in [3.8, 4) is 0 Å². The molecule has 0 rings (SSSR count). The molecule has 0 aromatic heterocycles. The lowest BCUT2D eigenvalue weighted by Gasteiger charge is -2.16. The smallest absolute Gasteiger partial charge is 0.109 e. The quantitative estimate of drug-likeness (QED) is 0.394. The van der Waals surface area contributed by atoms with E-state index in [0.717, 1.165) is 6.20 Å². The molecule has 5 N–H and O–H groups in total. The fourth-order valence-electron chi connectivity index (χ4n) is 0.513. The van der Waals surface area contributed by atoms with Gasteiger partial charge in [0, 0.05) is 0 Å². The number of nitrogens with two attached hydrogens (primary N) is 1. The molecule has 0 unspecified atom stereocenters. The fourth-order valence-corrected chi connectivity index (χ4v) is 0.513. The molecule has 0 saturated heterocycles. The standard InChI is InChI=1S/C6H13NO3/c1-4(8)6(10)5(9)2-3-7/h2-6,8-10H,7H2,1H3/t4-,5+,6-/m0/s1. The molecule has 4 nitrogen and oxygen atoms in total. The zero-order chi connectivity index (χ0) is 8.15. The normalized spacial score (nSPS) is 20.8. The number of rotatable bonds is 3. The third-order valence-electron chi connectivity index (χ3n) is 1.15. The van der Waals surface area contributed by atoms with Crippen LogP contribution in [0.15, 0.2) is 12.3 Å². The monoisotopic (exact) mass is 147 g/mol. The van der Waals surface area contributed by atoms with Crippen LogP contribution in [0.5, 0.6) is 0 Å². The van der Waals surface area contributed by atoms with E-state index in [1.54, 1.807) is 0 Å². The van der Waals surface area contributed by atoms with Gasteiger partial charge in [-0.15, -0.1) is 0 Å². The summed E-state index contributed by atoms with van der Waals surface area (Å²) in [6.07, 6.45) is -0.885. The number of aliphatic hydroxyl groups excluding tert-OH is 3. The van der Waals surface area contributed by atoms with E-state index in [1.165, 1.54) is 13.0 Å². The van der Waals surface area contributed by atoms with Crippen molar-refractivity contribution >= 4 is 0 Å².